The number of aryl methyl sites for hydroxylation is 1. The second-order valence-corrected chi connectivity index (χ2v) is 3.98. The predicted octanol–water partition coefficient (Wildman–Crippen LogP) is 4.07. The van der Waals surface area contributed by atoms with Gasteiger partial charge < -0.3 is 0 Å². The zero-order chi connectivity index (χ0) is 10.8. The first-order valence-corrected chi connectivity index (χ1v) is 5.34. The van der Waals surface area contributed by atoms with Gasteiger partial charge in [-0.05, 0) is 42.5 Å². The van der Waals surface area contributed by atoms with E-state index in [1.54, 1.807) is 0 Å². The van der Waals surface area contributed by atoms with Gasteiger partial charge in [0.2, 0.25) is 0 Å². The molecule has 0 nitrogen and oxygen atoms in total. The maximum atomic E-state index is 3.89. The van der Waals surface area contributed by atoms with Gasteiger partial charge in [0.1, 0.15) is 0 Å². The largest absolute Gasteiger partial charge is 0.0988 e. The average Bonchev–Trinajstić information content (AvgIpc) is 2.56. The van der Waals surface area contributed by atoms with E-state index in [9.17, 15) is 0 Å². The van der Waals surface area contributed by atoms with Crippen LogP contribution in [0.5, 0.6) is 0 Å². The number of hydrogen-bond donors (Lipinski definition) is 0. The van der Waals surface area contributed by atoms with Crippen molar-refractivity contribution in [2.75, 3.05) is 0 Å². The summed E-state index contributed by atoms with van der Waals surface area (Å²) < 4.78 is 0. The van der Waals surface area contributed by atoms with Crippen LogP contribution in [0.15, 0.2) is 48.6 Å². The van der Waals surface area contributed by atoms with Crippen molar-refractivity contribution in [2.45, 2.75) is 20.3 Å². The molecule has 0 aromatic heterocycles. The van der Waals surface area contributed by atoms with Crippen LogP contribution in [0.4, 0.5) is 0 Å². The summed E-state index contributed by atoms with van der Waals surface area (Å²) in [7, 11) is 0. The SMILES string of the molecule is C=CC1=C(/C=C\C)c2ccc(C)cc2C1. The third-order valence-corrected chi connectivity index (χ3v) is 2.86. The lowest BCUT2D eigenvalue weighted by Gasteiger charge is -2.02. The van der Waals surface area contributed by atoms with E-state index in [4.69, 9.17) is 0 Å². The molecule has 1 aromatic carbocycles. The van der Waals surface area contributed by atoms with E-state index in [1.165, 1.54) is 27.8 Å². The third kappa shape index (κ3) is 1.68. The molecule has 0 radical (unpaired) electrons. The van der Waals surface area contributed by atoms with Crippen molar-refractivity contribution in [3.63, 3.8) is 0 Å². The van der Waals surface area contributed by atoms with Gasteiger partial charge in [-0.3, -0.25) is 0 Å². The smallest absolute Gasteiger partial charge is 0.00136 e. The minimum absolute atomic E-state index is 1.03. The molecule has 15 heavy (non-hydrogen) atoms. The van der Waals surface area contributed by atoms with E-state index in [-0.39, 0.29) is 0 Å². The van der Waals surface area contributed by atoms with Crippen molar-refractivity contribution >= 4 is 5.57 Å². The molecule has 0 saturated carbocycles. The zero-order valence-corrected chi connectivity index (χ0v) is 9.38. The molecule has 0 unspecified atom stereocenters. The molecule has 0 heterocycles. The fraction of sp³-hybridized carbons (Fsp3) is 0.200. The van der Waals surface area contributed by atoms with E-state index < -0.39 is 0 Å². The van der Waals surface area contributed by atoms with Crippen LogP contribution in [0.25, 0.3) is 5.57 Å². The van der Waals surface area contributed by atoms with E-state index in [1.807, 2.05) is 6.08 Å². The van der Waals surface area contributed by atoms with Gasteiger partial charge in [-0.15, -0.1) is 0 Å². The first-order valence-electron chi connectivity index (χ1n) is 5.34. The van der Waals surface area contributed by atoms with Gasteiger partial charge in [0.15, 0.2) is 0 Å². The van der Waals surface area contributed by atoms with Gasteiger partial charge in [-0.25, -0.2) is 0 Å². The van der Waals surface area contributed by atoms with Crippen molar-refractivity contribution in [3.05, 3.63) is 65.3 Å². The fourth-order valence-electron chi connectivity index (χ4n) is 2.15. The molecule has 1 aliphatic carbocycles. The Kier molecular flexibility index (Phi) is 2.59. The molecule has 0 fully saturated rings. The lowest BCUT2D eigenvalue weighted by Crippen LogP contribution is -1.84. The molecule has 0 atom stereocenters. The van der Waals surface area contributed by atoms with Crippen LogP contribution >= 0.6 is 0 Å². The second kappa shape index (κ2) is 3.90. The van der Waals surface area contributed by atoms with Crippen LogP contribution in [0.3, 0.4) is 0 Å². The standard InChI is InChI=1S/C15H16/c1-4-6-14-12(5-2)10-13-9-11(3)7-8-15(13)14/h4-9H,2,10H2,1,3H3/b6-4-. The van der Waals surface area contributed by atoms with E-state index >= 15 is 0 Å². The van der Waals surface area contributed by atoms with Crippen molar-refractivity contribution in [3.8, 4) is 0 Å². The molecule has 0 amide bonds. The van der Waals surface area contributed by atoms with Gasteiger partial charge in [0, 0.05) is 0 Å². The fourth-order valence-corrected chi connectivity index (χ4v) is 2.15. The summed E-state index contributed by atoms with van der Waals surface area (Å²) >= 11 is 0. The van der Waals surface area contributed by atoms with E-state index in [0.717, 1.165) is 6.42 Å². The van der Waals surface area contributed by atoms with Crippen molar-refractivity contribution in [1.29, 1.82) is 0 Å². The van der Waals surface area contributed by atoms with Crippen molar-refractivity contribution < 1.29 is 0 Å². The maximum Gasteiger partial charge on any atom is -0.00136 e. The number of benzene rings is 1. The number of hydrogen-bond acceptors (Lipinski definition) is 0. The normalized spacial score (nSPS) is 14.8. The summed E-state index contributed by atoms with van der Waals surface area (Å²) in [6.07, 6.45) is 7.27. The van der Waals surface area contributed by atoms with E-state index in [2.05, 4.69) is 50.8 Å². The highest BCUT2D eigenvalue weighted by molar-refractivity contribution is 5.84. The van der Waals surface area contributed by atoms with Crippen LogP contribution < -0.4 is 0 Å². The molecule has 1 aliphatic rings. The molecule has 0 N–H and O–H groups in total. The highest BCUT2D eigenvalue weighted by Crippen LogP contribution is 2.34. The van der Waals surface area contributed by atoms with Crippen molar-refractivity contribution in [2.24, 2.45) is 0 Å². The highest BCUT2D eigenvalue weighted by Gasteiger charge is 2.17. The Morgan fingerprint density at radius 2 is 2.13 bits per heavy atom. The Balaban J connectivity index is 2.55. The Morgan fingerprint density at radius 3 is 2.80 bits per heavy atom. The first-order chi connectivity index (χ1) is 7.26. The van der Waals surface area contributed by atoms with Crippen LogP contribution in [-0.2, 0) is 6.42 Å². The van der Waals surface area contributed by atoms with E-state index in [0.29, 0.717) is 0 Å². The van der Waals surface area contributed by atoms with Crippen LogP contribution in [0.2, 0.25) is 0 Å². The molecule has 0 saturated heterocycles. The Bertz CT molecular complexity index is 459. The zero-order valence-electron chi connectivity index (χ0n) is 9.38. The van der Waals surface area contributed by atoms with Gasteiger partial charge in [-0.2, -0.15) is 0 Å². The summed E-state index contributed by atoms with van der Waals surface area (Å²) in [6.45, 7) is 8.08. The Morgan fingerprint density at radius 1 is 1.33 bits per heavy atom. The van der Waals surface area contributed by atoms with Crippen molar-refractivity contribution in [1.82, 2.24) is 0 Å². The molecule has 0 aliphatic heterocycles. The van der Waals surface area contributed by atoms with Gasteiger partial charge in [0.05, 0.1) is 0 Å². The molecule has 76 valence electrons. The monoisotopic (exact) mass is 196 g/mol. The molecule has 1 aromatic rings. The molecule has 2 rings (SSSR count). The van der Waals surface area contributed by atoms with Crippen LogP contribution in [-0.4, -0.2) is 0 Å². The summed E-state index contributed by atoms with van der Waals surface area (Å²) in [5, 5.41) is 0. The first kappa shape index (κ1) is 9.97. The number of fused-ring (bicyclic) bond motifs is 1. The Hall–Kier alpha value is -1.56. The van der Waals surface area contributed by atoms with Gasteiger partial charge in [0.25, 0.3) is 0 Å². The molecular weight excluding hydrogens is 180 g/mol. The van der Waals surface area contributed by atoms with Crippen LogP contribution in [0.1, 0.15) is 23.6 Å². The molecule has 0 bridgehead atoms. The average molecular weight is 196 g/mol. The topological polar surface area (TPSA) is 0 Å². The number of rotatable bonds is 2. The van der Waals surface area contributed by atoms with Crippen LogP contribution in [0, 0.1) is 6.92 Å². The minimum atomic E-state index is 1.03. The highest BCUT2D eigenvalue weighted by atomic mass is 14.2. The second-order valence-electron chi connectivity index (χ2n) is 3.98. The maximum absolute atomic E-state index is 3.89. The lowest BCUT2D eigenvalue weighted by molar-refractivity contribution is 1.23. The minimum Gasteiger partial charge on any atom is -0.0988 e. The molecular formula is C15H16. The van der Waals surface area contributed by atoms with Gasteiger partial charge >= 0.3 is 0 Å². The lowest BCUT2D eigenvalue weighted by atomic mass is 10.0. The summed E-state index contributed by atoms with van der Waals surface area (Å²) in [5.74, 6) is 0. The summed E-state index contributed by atoms with van der Waals surface area (Å²) in [5.41, 5.74) is 6.81. The molecule has 0 heteroatoms. The quantitative estimate of drug-likeness (QED) is 0.669. The summed E-state index contributed by atoms with van der Waals surface area (Å²) in [4.78, 5) is 0. The Labute approximate surface area is 91.6 Å². The summed E-state index contributed by atoms with van der Waals surface area (Å²) in [6, 6.07) is 6.67. The predicted molar refractivity (Wildman–Crippen MR) is 66.8 cm³/mol. The van der Waals surface area contributed by atoms with Gasteiger partial charge in [-0.1, -0.05) is 48.6 Å². The molecule has 0 spiro atoms. The number of allylic oxidation sites excluding steroid dienone is 5. The third-order valence-electron chi connectivity index (χ3n) is 2.86.